The zero-order valence-electron chi connectivity index (χ0n) is 14.3. The van der Waals surface area contributed by atoms with Crippen molar-refractivity contribution in [1.82, 2.24) is 9.80 Å². The molecule has 1 aromatic rings. The fraction of sp³-hybridized carbons (Fsp3) is 0.333. The highest BCUT2D eigenvalue weighted by Crippen LogP contribution is 2.33. The topological polar surface area (TPSA) is 77.9 Å². The minimum atomic E-state index is -0.850. The van der Waals surface area contributed by atoms with Crippen LogP contribution in [-0.4, -0.2) is 56.6 Å². The van der Waals surface area contributed by atoms with Gasteiger partial charge < -0.3 is 10.0 Å². The molecule has 6 nitrogen and oxygen atoms in total. The van der Waals surface area contributed by atoms with E-state index in [2.05, 4.69) is 0 Å². The molecule has 2 fully saturated rings. The van der Waals surface area contributed by atoms with Crippen molar-refractivity contribution in [3.05, 3.63) is 40.6 Å². The fourth-order valence-electron chi connectivity index (χ4n) is 2.98. The molecule has 2 aliphatic rings. The lowest BCUT2D eigenvalue weighted by Crippen LogP contribution is -2.46. The zero-order chi connectivity index (χ0) is 19.6. The summed E-state index contributed by atoms with van der Waals surface area (Å²) in [4.78, 5) is 39.1. The molecule has 3 rings (SSSR count). The lowest BCUT2D eigenvalue weighted by molar-refractivity contribution is -0.146. The van der Waals surface area contributed by atoms with Gasteiger partial charge in [-0.15, -0.1) is 0 Å². The molecule has 0 unspecified atom stereocenters. The Kier molecular flexibility index (Phi) is 5.91. The largest absolute Gasteiger partial charge is 0.481 e. The quantitative estimate of drug-likeness (QED) is 0.609. The molecule has 1 aromatic carbocycles. The number of nitrogens with zero attached hydrogens (tertiary/aromatic N) is 2. The third-order valence-electron chi connectivity index (χ3n) is 4.56. The number of carbonyl (C=O) groups is 3. The summed E-state index contributed by atoms with van der Waals surface area (Å²) in [5.74, 6) is -2.43. The number of likely N-dealkylation sites (tertiary alicyclic amines) is 1. The Balaban J connectivity index is 1.65. The molecule has 2 amide bonds. The van der Waals surface area contributed by atoms with Crippen LogP contribution in [0, 0.1) is 11.7 Å². The number of aliphatic carboxylic acids is 1. The molecule has 0 aliphatic carbocycles. The minimum Gasteiger partial charge on any atom is -0.481 e. The first-order chi connectivity index (χ1) is 12.9. The molecule has 1 N–H and O–H groups in total. The number of hydrogen-bond acceptors (Lipinski definition) is 5. The molecule has 0 spiro atoms. The predicted octanol–water partition coefficient (Wildman–Crippen LogP) is 2.35. The lowest BCUT2D eigenvalue weighted by atomic mass is 9.97. The van der Waals surface area contributed by atoms with Crippen molar-refractivity contribution in [2.24, 2.45) is 5.92 Å². The molecular formula is C18H17FN2O4S2. The first-order valence-electron chi connectivity index (χ1n) is 8.37. The number of halogens is 1. The van der Waals surface area contributed by atoms with E-state index >= 15 is 0 Å². The highest BCUT2D eigenvalue weighted by atomic mass is 32.2. The molecule has 2 saturated heterocycles. The number of thiocarbonyl (C=S) groups is 1. The molecule has 0 bridgehead atoms. The molecular weight excluding hydrogens is 391 g/mol. The number of hydrogen-bond donors (Lipinski definition) is 1. The van der Waals surface area contributed by atoms with Crippen molar-refractivity contribution in [3.8, 4) is 0 Å². The third kappa shape index (κ3) is 4.36. The van der Waals surface area contributed by atoms with Gasteiger partial charge in [-0.05, 0) is 25.0 Å². The second-order valence-corrected chi connectivity index (χ2v) is 7.96. The third-order valence-corrected chi connectivity index (χ3v) is 5.93. The van der Waals surface area contributed by atoms with Crippen LogP contribution < -0.4 is 0 Å². The smallest absolute Gasteiger partial charge is 0.306 e. The standard InChI is InChI=1S/C18H17FN2O4S2/c19-13-4-2-1-3-12(13)9-14-16(23)21(18(26)27-14)10-15(22)20-7-5-11(6-8-20)17(24)25/h1-4,9,11H,5-8,10H2,(H,24,25). The maximum atomic E-state index is 13.8. The van der Waals surface area contributed by atoms with Gasteiger partial charge in [0, 0.05) is 18.7 Å². The van der Waals surface area contributed by atoms with E-state index < -0.39 is 23.6 Å². The first-order valence-corrected chi connectivity index (χ1v) is 9.60. The van der Waals surface area contributed by atoms with Gasteiger partial charge in [0.1, 0.15) is 16.7 Å². The van der Waals surface area contributed by atoms with Crippen molar-refractivity contribution >= 4 is 52.2 Å². The van der Waals surface area contributed by atoms with Crippen molar-refractivity contribution in [2.45, 2.75) is 12.8 Å². The van der Waals surface area contributed by atoms with E-state index in [0.29, 0.717) is 25.9 Å². The number of amides is 2. The summed E-state index contributed by atoms with van der Waals surface area (Å²) < 4.78 is 14.0. The van der Waals surface area contributed by atoms with E-state index in [1.165, 1.54) is 17.0 Å². The van der Waals surface area contributed by atoms with Crippen LogP contribution in [0.1, 0.15) is 18.4 Å². The lowest BCUT2D eigenvalue weighted by Gasteiger charge is -2.31. The number of benzene rings is 1. The van der Waals surface area contributed by atoms with Crippen molar-refractivity contribution in [1.29, 1.82) is 0 Å². The SMILES string of the molecule is O=C(O)C1CCN(C(=O)CN2C(=O)C(=Cc3ccccc3F)SC2=S)CC1. The second kappa shape index (κ2) is 8.18. The van der Waals surface area contributed by atoms with E-state index in [1.807, 2.05) is 0 Å². The van der Waals surface area contributed by atoms with Gasteiger partial charge >= 0.3 is 5.97 Å². The summed E-state index contributed by atoms with van der Waals surface area (Å²) in [6.45, 7) is 0.488. The Labute approximate surface area is 165 Å². The first kappa shape index (κ1) is 19.5. The van der Waals surface area contributed by atoms with Gasteiger partial charge in [-0.3, -0.25) is 19.3 Å². The molecule has 27 heavy (non-hydrogen) atoms. The van der Waals surface area contributed by atoms with Gasteiger partial charge in [0.15, 0.2) is 0 Å². The van der Waals surface area contributed by atoms with Crippen LogP contribution in [0.5, 0.6) is 0 Å². The number of carboxylic acids is 1. The Hall–Kier alpha value is -2.26. The van der Waals surface area contributed by atoms with Crippen LogP contribution in [0.3, 0.4) is 0 Å². The Morgan fingerprint density at radius 2 is 1.96 bits per heavy atom. The van der Waals surface area contributed by atoms with Gasteiger partial charge in [-0.25, -0.2) is 4.39 Å². The summed E-state index contributed by atoms with van der Waals surface area (Å²) in [7, 11) is 0. The monoisotopic (exact) mass is 408 g/mol. The van der Waals surface area contributed by atoms with Crippen LogP contribution >= 0.6 is 24.0 Å². The Morgan fingerprint density at radius 1 is 1.30 bits per heavy atom. The van der Waals surface area contributed by atoms with Crippen molar-refractivity contribution in [2.75, 3.05) is 19.6 Å². The summed E-state index contributed by atoms with van der Waals surface area (Å²) in [5.41, 5.74) is 0.278. The van der Waals surface area contributed by atoms with Crippen LogP contribution in [0.4, 0.5) is 4.39 Å². The van der Waals surface area contributed by atoms with Gasteiger partial charge in [0.2, 0.25) is 5.91 Å². The molecule has 142 valence electrons. The second-order valence-electron chi connectivity index (χ2n) is 6.28. The summed E-state index contributed by atoms with van der Waals surface area (Å²) in [5, 5.41) is 9.02. The summed E-state index contributed by atoms with van der Waals surface area (Å²) in [6.07, 6.45) is 2.22. The van der Waals surface area contributed by atoms with Crippen molar-refractivity contribution in [3.63, 3.8) is 0 Å². The van der Waals surface area contributed by atoms with Crippen LogP contribution in [0.15, 0.2) is 29.2 Å². The molecule has 9 heteroatoms. The molecule has 0 saturated carbocycles. The van der Waals surface area contributed by atoms with Crippen molar-refractivity contribution < 1.29 is 23.9 Å². The number of carbonyl (C=O) groups excluding carboxylic acids is 2. The molecule has 0 radical (unpaired) electrons. The average Bonchev–Trinajstić information content (AvgIpc) is 2.91. The maximum absolute atomic E-state index is 13.8. The van der Waals surface area contributed by atoms with E-state index in [9.17, 15) is 18.8 Å². The molecule has 2 aliphatic heterocycles. The van der Waals surface area contributed by atoms with Gasteiger partial charge in [0.25, 0.3) is 5.91 Å². The van der Waals surface area contributed by atoms with E-state index in [-0.39, 0.29) is 27.2 Å². The number of carboxylic acid groups (broad SMARTS) is 1. The average molecular weight is 408 g/mol. The molecule has 0 atom stereocenters. The Bertz CT molecular complexity index is 834. The van der Waals surface area contributed by atoms with Gasteiger partial charge in [0.05, 0.1) is 10.8 Å². The van der Waals surface area contributed by atoms with Crippen LogP contribution in [-0.2, 0) is 14.4 Å². The molecule has 0 aromatic heterocycles. The molecule has 2 heterocycles. The summed E-state index contributed by atoms with van der Waals surface area (Å²) in [6, 6.07) is 6.08. The van der Waals surface area contributed by atoms with Crippen LogP contribution in [0.25, 0.3) is 6.08 Å². The number of rotatable bonds is 4. The normalized spacial score (nSPS) is 19.8. The highest BCUT2D eigenvalue weighted by molar-refractivity contribution is 8.26. The maximum Gasteiger partial charge on any atom is 0.306 e. The predicted molar refractivity (Wildman–Crippen MR) is 103 cm³/mol. The number of piperidine rings is 1. The van der Waals surface area contributed by atoms with Crippen LogP contribution in [0.2, 0.25) is 0 Å². The van der Waals surface area contributed by atoms with Gasteiger partial charge in [-0.1, -0.05) is 42.2 Å². The minimum absolute atomic E-state index is 0.197. The van der Waals surface area contributed by atoms with E-state index in [4.69, 9.17) is 17.3 Å². The van der Waals surface area contributed by atoms with E-state index in [1.54, 1.807) is 23.1 Å². The van der Waals surface area contributed by atoms with E-state index in [0.717, 1.165) is 11.8 Å². The summed E-state index contributed by atoms with van der Waals surface area (Å²) >= 11 is 6.23. The number of thioether (sulfide) groups is 1. The Morgan fingerprint density at radius 3 is 2.59 bits per heavy atom. The van der Waals surface area contributed by atoms with Gasteiger partial charge in [-0.2, -0.15) is 0 Å². The zero-order valence-corrected chi connectivity index (χ0v) is 15.9. The highest BCUT2D eigenvalue weighted by Gasteiger charge is 2.35. The fourth-order valence-corrected chi connectivity index (χ4v) is 4.23.